The van der Waals surface area contributed by atoms with Crippen molar-refractivity contribution in [1.29, 1.82) is 0 Å². The average Bonchev–Trinajstić information content (AvgIpc) is 3.45. The number of rotatable bonds is 10. The normalized spacial score (nSPS) is 11.8. The molecule has 2 N–H and O–H groups in total. The zero-order chi connectivity index (χ0) is 29.0. The smallest absolute Gasteiger partial charge is 0.407 e. The minimum Gasteiger partial charge on any atom is -0.508 e. The molecule has 0 aliphatic carbocycles. The molecule has 214 valence electrons. The SMILES string of the molecule is CCCCOc1cc(O)c(C(C)C)cc1-c1nnc(S)n1-c1ccc2c(ccn2CCNC(=O)OC(C)(C)C)c1. The molecule has 2 heterocycles. The van der Waals surface area contributed by atoms with Crippen molar-refractivity contribution in [2.24, 2.45) is 0 Å². The average molecular weight is 566 g/mol. The fraction of sp³-hybridized carbons (Fsp3) is 0.433. The topological polar surface area (TPSA) is 103 Å². The highest BCUT2D eigenvalue weighted by Crippen LogP contribution is 2.39. The first kappa shape index (κ1) is 29.3. The van der Waals surface area contributed by atoms with E-state index in [-0.39, 0.29) is 11.7 Å². The number of amides is 1. The van der Waals surface area contributed by atoms with E-state index < -0.39 is 11.7 Å². The number of nitrogens with one attached hydrogen (secondary N) is 1. The summed E-state index contributed by atoms with van der Waals surface area (Å²) in [5.41, 5.74) is 2.89. The van der Waals surface area contributed by atoms with Crippen LogP contribution >= 0.6 is 12.6 Å². The van der Waals surface area contributed by atoms with Gasteiger partial charge in [0.1, 0.15) is 17.1 Å². The molecule has 4 aromatic rings. The number of benzene rings is 2. The molecule has 1 amide bonds. The van der Waals surface area contributed by atoms with Gasteiger partial charge in [-0.3, -0.25) is 4.57 Å². The Kier molecular flexibility index (Phi) is 8.98. The number of hydrogen-bond donors (Lipinski definition) is 3. The first-order valence-electron chi connectivity index (χ1n) is 13.7. The van der Waals surface area contributed by atoms with Crippen molar-refractivity contribution in [3.05, 3.63) is 48.2 Å². The van der Waals surface area contributed by atoms with Gasteiger partial charge in [0.05, 0.1) is 17.9 Å². The Bertz CT molecular complexity index is 1490. The number of thiol groups is 1. The molecular weight excluding hydrogens is 526 g/mol. The molecule has 0 bridgehead atoms. The zero-order valence-electron chi connectivity index (χ0n) is 24.1. The van der Waals surface area contributed by atoms with Gasteiger partial charge in [-0.2, -0.15) is 0 Å². The van der Waals surface area contributed by atoms with E-state index in [9.17, 15) is 9.90 Å². The van der Waals surface area contributed by atoms with Crippen molar-refractivity contribution in [3.8, 4) is 28.6 Å². The van der Waals surface area contributed by atoms with Crippen LogP contribution in [0, 0.1) is 0 Å². The quantitative estimate of drug-likeness (QED) is 0.146. The molecule has 0 aliphatic rings. The number of carbonyl (C=O) groups is 1. The van der Waals surface area contributed by atoms with Crippen molar-refractivity contribution in [1.82, 2.24) is 24.6 Å². The van der Waals surface area contributed by atoms with Crippen LogP contribution in [0.2, 0.25) is 0 Å². The molecule has 2 aromatic carbocycles. The fourth-order valence-electron chi connectivity index (χ4n) is 4.47. The molecular formula is C30H39N5O4S. The summed E-state index contributed by atoms with van der Waals surface area (Å²) in [6.45, 7) is 13.3. The zero-order valence-corrected chi connectivity index (χ0v) is 25.0. The number of alkyl carbamates (subject to hydrolysis) is 1. The van der Waals surface area contributed by atoms with Gasteiger partial charge in [-0.1, -0.05) is 27.2 Å². The van der Waals surface area contributed by atoms with E-state index >= 15 is 0 Å². The Balaban J connectivity index is 1.65. The van der Waals surface area contributed by atoms with E-state index in [2.05, 4.69) is 45.7 Å². The summed E-state index contributed by atoms with van der Waals surface area (Å²) in [4.78, 5) is 12.0. The first-order chi connectivity index (χ1) is 19.0. The number of hydrogen-bond acceptors (Lipinski definition) is 7. The van der Waals surface area contributed by atoms with Crippen LogP contribution in [0.3, 0.4) is 0 Å². The van der Waals surface area contributed by atoms with Gasteiger partial charge in [0.2, 0.25) is 0 Å². The van der Waals surface area contributed by atoms with Crippen molar-refractivity contribution in [2.75, 3.05) is 13.2 Å². The molecule has 0 spiro atoms. The predicted molar refractivity (Wildman–Crippen MR) is 160 cm³/mol. The van der Waals surface area contributed by atoms with Crippen LogP contribution in [0.15, 0.2) is 47.8 Å². The van der Waals surface area contributed by atoms with Gasteiger partial charge in [-0.25, -0.2) is 4.79 Å². The van der Waals surface area contributed by atoms with Gasteiger partial charge < -0.3 is 24.5 Å². The van der Waals surface area contributed by atoms with Crippen molar-refractivity contribution in [2.45, 2.75) is 77.6 Å². The number of carbonyl (C=O) groups excluding carboxylic acids is 1. The molecule has 0 fully saturated rings. The summed E-state index contributed by atoms with van der Waals surface area (Å²) < 4.78 is 15.4. The molecule has 10 heteroatoms. The van der Waals surface area contributed by atoms with Gasteiger partial charge >= 0.3 is 6.09 Å². The monoisotopic (exact) mass is 565 g/mol. The first-order valence-corrected chi connectivity index (χ1v) is 14.1. The third-order valence-electron chi connectivity index (χ3n) is 6.43. The van der Waals surface area contributed by atoms with Crippen LogP contribution in [0.5, 0.6) is 11.5 Å². The minimum absolute atomic E-state index is 0.108. The lowest BCUT2D eigenvalue weighted by Crippen LogP contribution is -2.34. The maximum atomic E-state index is 12.0. The Hall–Kier alpha value is -3.66. The third kappa shape index (κ3) is 6.72. The lowest BCUT2D eigenvalue weighted by molar-refractivity contribution is 0.0526. The molecule has 40 heavy (non-hydrogen) atoms. The van der Waals surface area contributed by atoms with E-state index in [0.29, 0.717) is 36.4 Å². The summed E-state index contributed by atoms with van der Waals surface area (Å²) in [5.74, 6) is 1.45. The lowest BCUT2D eigenvalue weighted by Gasteiger charge is -2.19. The Morgan fingerprint density at radius 3 is 2.62 bits per heavy atom. The highest BCUT2D eigenvalue weighted by Gasteiger charge is 2.22. The molecule has 2 aromatic heterocycles. The third-order valence-corrected chi connectivity index (χ3v) is 6.72. The van der Waals surface area contributed by atoms with E-state index in [4.69, 9.17) is 9.47 Å². The van der Waals surface area contributed by atoms with Crippen LogP contribution in [-0.4, -0.2) is 49.3 Å². The van der Waals surface area contributed by atoms with Gasteiger partial charge in [0.25, 0.3) is 0 Å². The Morgan fingerprint density at radius 1 is 1.15 bits per heavy atom. The highest BCUT2D eigenvalue weighted by molar-refractivity contribution is 7.80. The second-order valence-electron chi connectivity index (χ2n) is 11.1. The summed E-state index contributed by atoms with van der Waals surface area (Å²) in [6.07, 6.45) is 3.46. The minimum atomic E-state index is -0.535. The van der Waals surface area contributed by atoms with E-state index in [1.165, 1.54) is 0 Å². The maximum absolute atomic E-state index is 12.0. The molecule has 0 aliphatic heterocycles. The predicted octanol–water partition coefficient (Wildman–Crippen LogP) is 6.71. The van der Waals surface area contributed by atoms with E-state index in [1.807, 2.05) is 69.6 Å². The summed E-state index contributed by atoms with van der Waals surface area (Å²) >= 11 is 4.62. The molecule has 9 nitrogen and oxygen atoms in total. The van der Waals surface area contributed by atoms with Crippen molar-refractivity contribution in [3.63, 3.8) is 0 Å². The standard InChI is InChI=1S/C30H39N5O4S/c1-7-8-15-38-26-18-25(36)22(19(2)3)17-23(26)27-32-33-28(40)35(27)21-9-10-24-20(16-21)11-13-34(24)14-12-31-29(37)39-30(4,5)6/h9-11,13,16-19,36H,7-8,12,14-15H2,1-6H3,(H,31,37)(H,33,40). The van der Waals surface area contributed by atoms with Crippen LogP contribution in [0.25, 0.3) is 28.0 Å². The van der Waals surface area contributed by atoms with Gasteiger partial charge in [-0.15, -0.1) is 22.8 Å². The molecule has 0 unspecified atom stereocenters. The number of ether oxygens (including phenoxy) is 2. The van der Waals surface area contributed by atoms with Crippen molar-refractivity contribution >= 4 is 29.6 Å². The second-order valence-corrected chi connectivity index (χ2v) is 11.5. The highest BCUT2D eigenvalue weighted by atomic mass is 32.1. The summed E-state index contributed by atoms with van der Waals surface area (Å²) in [7, 11) is 0. The van der Waals surface area contributed by atoms with Gasteiger partial charge in [0, 0.05) is 36.3 Å². The van der Waals surface area contributed by atoms with Crippen LogP contribution in [-0.2, 0) is 11.3 Å². The van der Waals surface area contributed by atoms with Crippen LogP contribution in [0.1, 0.15) is 65.9 Å². The fourth-order valence-corrected chi connectivity index (χ4v) is 4.73. The van der Waals surface area contributed by atoms with Crippen LogP contribution in [0.4, 0.5) is 4.79 Å². The Labute approximate surface area is 240 Å². The molecule has 0 saturated carbocycles. The van der Waals surface area contributed by atoms with E-state index in [1.54, 1.807) is 6.07 Å². The summed E-state index contributed by atoms with van der Waals surface area (Å²) in [6, 6.07) is 11.7. The van der Waals surface area contributed by atoms with Gasteiger partial charge in [0.15, 0.2) is 11.0 Å². The second kappa shape index (κ2) is 12.2. The van der Waals surface area contributed by atoms with Crippen LogP contribution < -0.4 is 10.1 Å². The molecule has 0 radical (unpaired) electrons. The van der Waals surface area contributed by atoms with E-state index in [0.717, 1.165) is 40.6 Å². The molecule has 0 saturated heterocycles. The number of nitrogens with zero attached hydrogens (tertiary/aromatic N) is 4. The Morgan fingerprint density at radius 2 is 1.93 bits per heavy atom. The number of unbranched alkanes of at least 4 members (excludes halogenated alkanes) is 1. The number of phenolic OH excluding ortho intramolecular Hbond substituents is 1. The maximum Gasteiger partial charge on any atom is 0.407 e. The van der Waals surface area contributed by atoms with Crippen molar-refractivity contribution < 1.29 is 19.4 Å². The number of aromatic nitrogens is 4. The number of aromatic hydroxyl groups is 1. The summed E-state index contributed by atoms with van der Waals surface area (Å²) in [5, 5.41) is 23.7. The van der Waals surface area contributed by atoms with Gasteiger partial charge in [-0.05, 0) is 69.0 Å². The number of phenols is 1. The molecule has 0 atom stereocenters. The lowest BCUT2D eigenvalue weighted by atomic mass is 9.98. The largest absolute Gasteiger partial charge is 0.508 e. The number of fused-ring (bicyclic) bond motifs is 1. The molecule has 4 rings (SSSR count).